The molecule has 0 aliphatic carbocycles. The summed E-state index contributed by atoms with van der Waals surface area (Å²) in [7, 11) is 0. The van der Waals surface area contributed by atoms with Gasteiger partial charge < -0.3 is 4.90 Å². The predicted octanol–water partition coefficient (Wildman–Crippen LogP) is 1.65. The highest BCUT2D eigenvalue weighted by atomic mass is 35.5. The molecule has 1 aliphatic rings. The van der Waals surface area contributed by atoms with E-state index < -0.39 is 0 Å². The number of halogens is 1. The third-order valence-electron chi connectivity index (χ3n) is 3.62. The van der Waals surface area contributed by atoms with E-state index in [4.69, 9.17) is 11.6 Å². The Bertz CT molecular complexity index is 656. The summed E-state index contributed by atoms with van der Waals surface area (Å²) in [6.45, 7) is 3.56. The molecular formula is C14H16ClN5O. The van der Waals surface area contributed by atoms with E-state index in [1.54, 1.807) is 17.1 Å². The first-order valence-corrected chi connectivity index (χ1v) is 7.25. The maximum absolute atomic E-state index is 12.2. The zero-order valence-electron chi connectivity index (χ0n) is 11.7. The largest absolute Gasteiger partial charge is 0.340 e. The van der Waals surface area contributed by atoms with Crippen molar-refractivity contribution in [1.82, 2.24) is 24.6 Å². The number of amides is 1. The van der Waals surface area contributed by atoms with Crippen LogP contribution in [0.1, 0.15) is 23.9 Å². The van der Waals surface area contributed by atoms with Crippen LogP contribution in [-0.2, 0) is 11.3 Å². The molecule has 0 unspecified atom stereocenters. The summed E-state index contributed by atoms with van der Waals surface area (Å²) in [6, 6.07) is 1.88. The molecule has 1 amide bonds. The third-order valence-corrected chi connectivity index (χ3v) is 3.81. The molecule has 110 valence electrons. The molecule has 1 saturated heterocycles. The number of aromatic nitrogens is 4. The number of rotatable bonds is 3. The summed E-state index contributed by atoms with van der Waals surface area (Å²) in [5.41, 5.74) is 0.955. The molecule has 2 aromatic heterocycles. The van der Waals surface area contributed by atoms with Crippen LogP contribution in [0.4, 0.5) is 0 Å². The zero-order chi connectivity index (χ0) is 14.8. The highest BCUT2D eigenvalue weighted by molar-refractivity contribution is 6.30. The summed E-state index contributed by atoms with van der Waals surface area (Å²) in [5.74, 6) is 1.09. The van der Waals surface area contributed by atoms with E-state index in [-0.39, 0.29) is 18.4 Å². The Morgan fingerprint density at radius 1 is 1.52 bits per heavy atom. The van der Waals surface area contributed by atoms with Crippen LogP contribution >= 0.6 is 11.6 Å². The Kier molecular flexibility index (Phi) is 3.88. The minimum Gasteiger partial charge on any atom is -0.340 e. The molecular weight excluding hydrogens is 290 g/mol. The van der Waals surface area contributed by atoms with Gasteiger partial charge in [0.15, 0.2) is 0 Å². The van der Waals surface area contributed by atoms with Crippen LogP contribution in [0.2, 0.25) is 5.02 Å². The minimum atomic E-state index is 0.0462. The average molecular weight is 306 g/mol. The highest BCUT2D eigenvalue weighted by Crippen LogP contribution is 2.24. The molecule has 0 radical (unpaired) electrons. The van der Waals surface area contributed by atoms with Crippen molar-refractivity contribution in [2.45, 2.75) is 25.8 Å². The maximum atomic E-state index is 12.2. The van der Waals surface area contributed by atoms with Crippen LogP contribution in [0.3, 0.4) is 0 Å². The van der Waals surface area contributed by atoms with Crippen LogP contribution in [0.25, 0.3) is 0 Å². The van der Waals surface area contributed by atoms with Gasteiger partial charge in [0, 0.05) is 37.1 Å². The molecule has 1 aliphatic heterocycles. The molecule has 7 heteroatoms. The second-order valence-corrected chi connectivity index (χ2v) is 5.67. The molecule has 2 aromatic rings. The molecule has 0 aromatic carbocycles. The Morgan fingerprint density at radius 2 is 2.38 bits per heavy atom. The minimum absolute atomic E-state index is 0.0462. The number of likely N-dealkylation sites (tertiary alicyclic amines) is 1. The lowest BCUT2D eigenvalue weighted by atomic mass is 10.1. The summed E-state index contributed by atoms with van der Waals surface area (Å²) in [6.07, 6.45) is 5.85. The first-order valence-electron chi connectivity index (χ1n) is 6.87. The van der Waals surface area contributed by atoms with Gasteiger partial charge in [0.2, 0.25) is 5.91 Å². The monoisotopic (exact) mass is 305 g/mol. The second-order valence-electron chi connectivity index (χ2n) is 5.24. The maximum Gasteiger partial charge on any atom is 0.244 e. The molecule has 0 bridgehead atoms. The van der Waals surface area contributed by atoms with E-state index in [1.807, 2.05) is 17.9 Å². The van der Waals surface area contributed by atoms with Crippen molar-refractivity contribution in [1.29, 1.82) is 0 Å². The first-order chi connectivity index (χ1) is 10.1. The lowest BCUT2D eigenvalue weighted by Gasteiger charge is -2.16. The number of aryl methyl sites for hydroxylation is 1. The van der Waals surface area contributed by atoms with Gasteiger partial charge in [0.25, 0.3) is 0 Å². The quantitative estimate of drug-likeness (QED) is 0.865. The average Bonchev–Trinajstić information content (AvgIpc) is 3.08. The predicted molar refractivity (Wildman–Crippen MR) is 77.9 cm³/mol. The van der Waals surface area contributed by atoms with Gasteiger partial charge in [-0.3, -0.25) is 9.48 Å². The van der Waals surface area contributed by atoms with Crippen molar-refractivity contribution in [3.05, 3.63) is 41.2 Å². The molecule has 3 rings (SSSR count). The van der Waals surface area contributed by atoms with E-state index >= 15 is 0 Å². The van der Waals surface area contributed by atoms with Crippen molar-refractivity contribution in [2.24, 2.45) is 0 Å². The SMILES string of the molecule is Cc1ccnc([C@H]2CCN(C(=O)Cn3cc(Cl)cn3)C2)n1. The van der Waals surface area contributed by atoms with Gasteiger partial charge in [-0.05, 0) is 19.4 Å². The van der Waals surface area contributed by atoms with Crippen molar-refractivity contribution in [3.8, 4) is 0 Å². The molecule has 21 heavy (non-hydrogen) atoms. The number of carbonyl (C=O) groups excluding carboxylic acids is 1. The molecule has 3 heterocycles. The molecule has 1 atom stereocenters. The third kappa shape index (κ3) is 3.21. The van der Waals surface area contributed by atoms with Gasteiger partial charge in [-0.25, -0.2) is 9.97 Å². The van der Waals surface area contributed by atoms with Crippen LogP contribution in [0.5, 0.6) is 0 Å². The normalized spacial score (nSPS) is 18.2. The summed E-state index contributed by atoms with van der Waals surface area (Å²) in [5, 5.41) is 4.57. The van der Waals surface area contributed by atoms with Gasteiger partial charge in [-0.2, -0.15) is 5.10 Å². The Labute approximate surface area is 127 Å². The Morgan fingerprint density at radius 3 is 3.10 bits per heavy atom. The zero-order valence-corrected chi connectivity index (χ0v) is 12.5. The fourth-order valence-corrected chi connectivity index (χ4v) is 2.68. The fraction of sp³-hybridized carbons (Fsp3) is 0.429. The standard InChI is InChI=1S/C14H16ClN5O/c1-10-2-4-16-14(18-10)11-3-5-19(7-11)13(21)9-20-8-12(15)6-17-20/h2,4,6,8,11H,3,5,7,9H2,1H3/t11-/m0/s1. The fourth-order valence-electron chi connectivity index (χ4n) is 2.53. The Hall–Kier alpha value is -1.95. The van der Waals surface area contributed by atoms with Gasteiger partial charge in [-0.15, -0.1) is 0 Å². The van der Waals surface area contributed by atoms with Crippen molar-refractivity contribution in [3.63, 3.8) is 0 Å². The van der Waals surface area contributed by atoms with E-state index in [2.05, 4.69) is 15.1 Å². The van der Waals surface area contributed by atoms with Crippen molar-refractivity contribution >= 4 is 17.5 Å². The molecule has 6 nitrogen and oxygen atoms in total. The summed E-state index contributed by atoms with van der Waals surface area (Å²) < 4.78 is 1.56. The van der Waals surface area contributed by atoms with Gasteiger partial charge in [0.05, 0.1) is 11.2 Å². The van der Waals surface area contributed by atoms with Crippen LogP contribution in [-0.4, -0.2) is 43.6 Å². The van der Waals surface area contributed by atoms with Crippen molar-refractivity contribution < 1.29 is 4.79 Å². The Balaban J connectivity index is 1.62. The van der Waals surface area contributed by atoms with Gasteiger partial charge in [0.1, 0.15) is 12.4 Å². The van der Waals surface area contributed by atoms with E-state index in [0.29, 0.717) is 11.6 Å². The molecule has 0 N–H and O–H groups in total. The smallest absolute Gasteiger partial charge is 0.244 e. The molecule has 1 fully saturated rings. The van der Waals surface area contributed by atoms with Crippen molar-refractivity contribution in [2.75, 3.05) is 13.1 Å². The number of hydrogen-bond donors (Lipinski definition) is 0. The van der Waals surface area contributed by atoms with Crippen LogP contribution < -0.4 is 0 Å². The van der Waals surface area contributed by atoms with Gasteiger partial charge in [-0.1, -0.05) is 11.6 Å². The van der Waals surface area contributed by atoms with E-state index in [1.165, 1.54) is 6.20 Å². The molecule has 0 spiro atoms. The summed E-state index contributed by atoms with van der Waals surface area (Å²) in [4.78, 5) is 22.9. The number of carbonyl (C=O) groups is 1. The number of nitrogens with zero attached hydrogens (tertiary/aromatic N) is 5. The first kappa shape index (κ1) is 14.0. The topological polar surface area (TPSA) is 63.9 Å². The van der Waals surface area contributed by atoms with E-state index in [9.17, 15) is 4.79 Å². The second kappa shape index (κ2) is 5.81. The summed E-state index contributed by atoms with van der Waals surface area (Å²) >= 11 is 5.80. The number of hydrogen-bond acceptors (Lipinski definition) is 4. The lowest BCUT2D eigenvalue weighted by Crippen LogP contribution is -2.32. The van der Waals surface area contributed by atoms with Gasteiger partial charge >= 0.3 is 0 Å². The van der Waals surface area contributed by atoms with E-state index in [0.717, 1.165) is 24.5 Å². The highest BCUT2D eigenvalue weighted by Gasteiger charge is 2.29. The lowest BCUT2D eigenvalue weighted by molar-refractivity contribution is -0.131. The van der Waals surface area contributed by atoms with Crippen LogP contribution in [0.15, 0.2) is 24.7 Å². The molecule has 0 saturated carbocycles. The van der Waals surface area contributed by atoms with Crippen LogP contribution in [0, 0.1) is 6.92 Å².